The molecule has 4 unspecified atom stereocenters. The van der Waals surface area contributed by atoms with E-state index in [0.29, 0.717) is 29.4 Å². The number of hydrogen-bond acceptors (Lipinski definition) is 4. The summed E-state index contributed by atoms with van der Waals surface area (Å²) in [6.45, 7) is 2.76. The Balaban J connectivity index is 0.00000192. The van der Waals surface area contributed by atoms with Crippen molar-refractivity contribution in [3.05, 3.63) is 24.4 Å². The summed E-state index contributed by atoms with van der Waals surface area (Å²) in [5.74, 6) is 2.40. The molecule has 3 heterocycles. The summed E-state index contributed by atoms with van der Waals surface area (Å²) in [5.41, 5.74) is 0.348. The lowest BCUT2D eigenvalue weighted by Gasteiger charge is -2.57. The van der Waals surface area contributed by atoms with Gasteiger partial charge in [-0.15, -0.1) is 24.0 Å². The molecule has 0 radical (unpaired) electrons. The van der Waals surface area contributed by atoms with Gasteiger partial charge in [-0.2, -0.15) is 0 Å². The molecule has 154 valence electrons. The molecule has 1 N–H and O–H groups in total. The number of likely N-dealkylation sites (tertiary alicyclic amines) is 1. The monoisotopic (exact) mass is 498 g/mol. The van der Waals surface area contributed by atoms with Crippen molar-refractivity contribution in [3.63, 3.8) is 0 Å². The topological polar surface area (TPSA) is 59.0 Å². The van der Waals surface area contributed by atoms with Gasteiger partial charge in [0.25, 0.3) is 0 Å². The minimum Gasteiger partial charge on any atom is -0.472 e. The van der Waals surface area contributed by atoms with Crippen molar-refractivity contribution in [3.8, 4) is 5.88 Å². The zero-order valence-electron chi connectivity index (χ0n) is 16.5. The summed E-state index contributed by atoms with van der Waals surface area (Å²) in [6, 6.07) is 6.32. The summed E-state index contributed by atoms with van der Waals surface area (Å²) in [5, 5.41) is 3.86. The van der Waals surface area contributed by atoms with Crippen molar-refractivity contribution in [1.29, 1.82) is 0 Å². The third-order valence-electron chi connectivity index (χ3n) is 7.15. The maximum absolute atomic E-state index is 6.12. The number of aromatic nitrogens is 1. The van der Waals surface area contributed by atoms with Crippen LogP contribution in [0.2, 0.25) is 0 Å². The molecule has 0 bridgehead atoms. The van der Waals surface area contributed by atoms with Crippen molar-refractivity contribution in [2.45, 2.75) is 56.8 Å². The molecule has 1 aromatic rings. The molecule has 7 heteroatoms. The number of nitrogens with one attached hydrogen (secondary N) is 1. The van der Waals surface area contributed by atoms with Gasteiger partial charge in [0.1, 0.15) is 6.10 Å². The van der Waals surface area contributed by atoms with Crippen LogP contribution in [0, 0.1) is 11.3 Å². The van der Waals surface area contributed by atoms with E-state index in [4.69, 9.17) is 9.47 Å². The number of halogens is 1. The third kappa shape index (κ3) is 3.38. The van der Waals surface area contributed by atoms with Crippen LogP contribution in [-0.4, -0.2) is 60.8 Å². The number of nitrogens with zero attached hydrogens (tertiary/aromatic N) is 3. The van der Waals surface area contributed by atoms with E-state index in [1.807, 2.05) is 25.2 Å². The van der Waals surface area contributed by atoms with Gasteiger partial charge in [-0.1, -0.05) is 18.9 Å². The van der Waals surface area contributed by atoms with E-state index >= 15 is 0 Å². The Morgan fingerprint density at radius 3 is 2.93 bits per heavy atom. The smallest absolute Gasteiger partial charge is 0.213 e. The predicted molar refractivity (Wildman–Crippen MR) is 119 cm³/mol. The van der Waals surface area contributed by atoms with Crippen LogP contribution >= 0.6 is 24.0 Å². The van der Waals surface area contributed by atoms with E-state index in [2.05, 4.69) is 20.2 Å². The molecule has 28 heavy (non-hydrogen) atoms. The largest absolute Gasteiger partial charge is 0.472 e. The van der Waals surface area contributed by atoms with Crippen LogP contribution in [0.3, 0.4) is 0 Å². The lowest BCUT2D eigenvalue weighted by molar-refractivity contribution is -0.125. The Morgan fingerprint density at radius 1 is 1.32 bits per heavy atom. The minimum absolute atomic E-state index is 0. The van der Waals surface area contributed by atoms with Gasteiger partial charge in [-0.25, -0.2) is 4.98 Å². The van der Waals surface area contributed by atoms with Crippen LogP contribution < -0.4 is 10.1 Å². The van der Waals surface area contributed by atoms with Gasteiger partial charge in [0.05, 0.1) is 12.6 Å². The average Bonchev–Trinajstić information content (AvgIpc) is 3.43. The number of pyridine rings is 1. The summed E-state index contributed by atoms with van der Waals surface area (Å²) in [7, 11) is 1.90. The number of guanidine groups is 1. The van der Waals surface area contributed by atoms with E-state index in [1.165, 1.54) is 32.1 Å². The lowest BCUT2D eigenvalue weighted by Crippen LogP contribution is -2.69. The first-order valence-electron chi connectivity index (χ1n) is 10.5. The van der Waals surface area contributed by atoms with Gasteiger partial charge in [0, 0.05) is 56.3 Å². The van der Waals surface area contributed by atoms with Crippen molar-refractivity contribution < 1.29 is 9.47 Å². The number of ether oxygens (including phenoxy) is 2. The number of hydrogen-bond donors (Lipinski definition) is 1. The van der Waals surface area contributed by atoms with Gasteiger partial charge < -0.3 is 19.7 Å². The predicted octanol–water partition coefficient (Wildman–Crippen LogP) is 3.08. The molecular formula is C21H31IN4O2. The molecule has 2 saturated heterocycles. The van der Waals surface area contributed by atoms with E-state index in [-0.39, 0.29) is 30.1 Å². The molecule has 4 aliphatic rings. The van der Waals surface area contributed by atoms with Crippen molar-refractivity contribution in [2.75, 3.05) is 26.7 Å². The molecule has 4 atom stereocenters. The highest BCUT2D eigenvalue weighted by atomic mass is 127. The van der Waals surface area contributed by atoms with Crippen LogP contribution in [0.4, 0.5) is 0 Å². The number of rotatable bonds is 3. The van der Waals surface area contributed by atoms with E-state index in [1.54, 1.807) is 6.20 Å². The molecule has 1 spiro atoms. The van der Waals surface area contributed by atoms with Crippen LogP contribution in [0.5, 0.6) is 5.88 Å². The Morgan fingerprint density at radius 2 is 2.18 bits per heavy atom. The fraction of sp³-hybridized carbons (Fsp3) is 0.714. The molecule has 2 aliphatic heterocycles. The van der Waals surface area contributed by atoms with Crippen molar-refractivity contribution in [2.24, 2.45) is 16.3 Å². The maximum atomic E-state index is 6.12. The highest BCUT2D eigenvalue weighted by Crippen LogP contribution is 2.60. The van der Waals surface area contributed by atoms with Gasteiger partial charge in [0.15, 0.2) is 5.96 Å². The minimum atomic E-state index is 0. The summed E-state index contributed by atoms with van der Waals surface area (Å²) >= 11 is 0. The summed E-state index contributed by atoms with van der Waals surface area (Å²) in [4.78, 5) is 11.3. The van der Waals surface area contributed by atoms with Crippen LogP contribution in [0.25, 0.3) is 0 Å². The van der Waals surface area contributed by atoms with Crippen LogP contribution in [-0.2, 0) is 4.74 Å². The fourth-order valence-electron chi connectivity index (χ4n) is 5.94. The Hall–Kier alpha value is -1.09. The molecular weight excluding hydrogens is 467 g/mol. The second-order valence-electron chi connectivity index (χ2n) is 8.50. The zero-order valence-corrected chi connectivity index (χ0v) is 18.9. The van der Waals surface area contributed by atoms with E-state index < -0.39 is 0 Å². The molecule has 0 aromatic carbocycles. The number of fused-ring (bicyclic) bond motifs is 2. The highest BCUT2D eigenvalue weighted by Gasteiger charge is 2.65. The Labute approximate surface area is 184 Å². The highest BCUT2D eigenvalue weighted by molar-refractivity contribution is 14.0. The molecule has 0 amide bonds. The quantitative estimate of drug-likeness (QED) is 0.395. The van der Waals surface area contributed by atoms with Gasteiger partial charge in [-0.05, 0) is 25.3 Å². The average molecular weight is 498 g/mol. The fourth-order valence-corrected chi connectivity index (χ4v) is 5.94. The summed E-state index contributed by atoms with van der Waals surface area (Å²) in [6.07, 6.45) is 9.90. The normalized spacial score (nSPS) is 33.3. The summed E-state index contributed by atoms with van der Waals surface area (Å²) < 4.78 is 12.2. The van der Waals surface area contributed by atoms with E-state index in [9.17, 15) is 0 Å². The first-order chi connectivity index (χ1) is 13.3. The maximum Gasteiger partial charge on any atom is 0.213 e. The lowest BCUT2D eigenvalue weighted by atomic mass is 9.54. The zero-order chi connectivity index (χ0) is 18.3. The third-order valence-corrected chi connectivity index (χ3v) is 7.15. The van der Waals surface area contributed by atoms with E-state index in [0.717, 1.165) is 32.1 Å². The molecule has 2 aliphatic carbocycles. The van der Waals surface area contributed by atoms with Crippen LogP contribution in [0.1, 0.15) is 38.5 Å². The molecule has 1 aromatic heterocycles. The first kappa shape index (κ1) is 20.2. The first-order valence-corrected chi connectivity index (χ1v) is 10.5. The molecule has 6 nitrogen and oxygen atoms in total. The Kier molecular flexibility index (Phi) is 6.01. The molecule has 5 rings (SSSR count). The molecule has 4 fully saturated rings. The van der Waals surface area contributed by atoms with Crippen LogP contribution in [0.15, 0.2) is 29.4 Å². The Bertz CT molecular complexity index is 695. The number of aliphatic imine (C=N–C) groups is 1. The van der Waals surface area contributed by atoms with Gasteiger partial charge in [0.2, 0.25) is 5.88 Å². The van der Waals surface area contributed by atoms with Crippen molar-refractivity contribution >= 4 is 29.9 Å². The van der Waals surface area contributed by atoms with Gasteiger partial charge >= 0.3 is 0 Å². The van der Waals surface area contributed by atoms with Gasteiger partial charge in [-0.3, -0.25) is 4.99 Å². The van der Waals surface area contributed by atoms with Crippen molar-refractivity contribution in [1.82, 2.24) is 15.2 Å². The molecule has 2 saturated carbocycles. The second-order valence-corrected chi connectivity index (χ2v) is 8.50. The SMILES string of the molecule is CN=C(NC1C2CCOC2C12CCCC2)N1CCC(Oc2ccccn2)C1.I. The second kappa shape index (κ2) is 8.34. The standard InChI is InChI=1S/C21H30N4O2.HI/c1-22-20(25-12-7-15(14-25)27-17-6-2-5-11-23-17)24-18-16-8-13-26-19(16)21(18)9-3-4-10-21;/h2,5-6,11,15-16,18-19H,3-4,7-10,12-14H2,1H3,(H,22,24);1H.